The molecule has 3 unspecified atom stereocenters. The van der Waals surface area contributed by atoms with Crippen LogP contribution >= 0.6 is 0 Å². The number of hydrogen-bond donors (Lipinski definition) is 2. The second kappa shape index (κ2) is 20.6. The van der Waals surface area contributed by atoms with Crippen LogP contribution in [0.5, 0.6) is 0 Å². The molecule has 0 saturated heterocycles. The molecule has 3 atom stereocenters. The number of unbranched alkanes of at least 4 members (excludes halogenated alkanes) is 7. The Hall–Kier alpha value is -1.74. The van der Waals surface area contributed by atoms with Gasteiger partial charge < -0.3 is 29.2 Å². The Balaban J connectivity index is 3.44. The number of aliphatic hydroxyl groups excluding tert-OH is 2. The smallest absolute Gasteiger partial charge is 0.333 e. The third-order valence-electron chi connectivity index (χ3n) is 5.04. The zero-order valence-corrected chi connectivity index (χ0v) is 21.4. The monoisotopic (exact) mass is 486 g/mol. The van der Waals surface area contributed by atoms with E-state index in [4.69, 9.17) is 18.9 Å². The fourth-order valence-electron chi connectivity index (χ4n) is 2.96. The average molecular weight is 487 g/mol. The number of esters is 2. The maximum Gasteiger partial charge on any atom is 0.333 e. The highest BCUT2D eigenvalue weighted by atomic mass is 16.6. The van der Waals surface area contributed by atoms with Crippen molar-refractivity contribution in [3.05, 3.63) is 24.3 Å². The van der Waals surface area contributed by atoms with Crippen LogP contribution in [0.1, 0.15) is 78.6 Å². The van der Waals surface area contributed by atoms with Gasteiger partial charge in [0.15, 0.2) is 0 Å². The van der Waals surface area contributed by atoms with Crippen LogP contribution in [0.15, 0.2) is 24.3 Å². The predicted octanol–water partition coefficient (Wildman–Crippen LogP) is 3.88. The molecule has 0 aromatic rings. The predicted molar refractivity (Wildman–Crippen MR) is 131 cm³/mol. The Morgan fingerprint density at radius 3 is 1.65 bits per heavy atom. The largest absolute Gasteiger partial charge is 0.460 e. The van der Waals surface area contributed by atoms with Gasteiger partial charge in [0, 0.05) is 17.8 Å². The maximum absolute atomic E-state index is 11.3. The van der Waals surface area contributed by atoms with Crippen LogP contribution in [0.3, 0.4) is 0 Å². The number of hydrogen-bond acceptors (Lipinski definition) is 8. The molecule has 0 aliphatic carbocycles. The molecule has 34 heavy (non-hydrogen) atoms. The molecule has 0 aromatic carbocycles. The third kappa shape index (κ3) is 19.7. The standard InChI is InChI=1S/C26H46O8/c1-20(2)25(29)33-18-23(27)16-31-15-13-11-9-7-6-8-10-12-14-22(5)32-17-24(28)19-34-26(30)21(3)4/h22-24,27-28H,1,3,6-19H2,2,4-5H3. The Kier molecular flexibility index (Phi) is 19.6. The van der Waals surface area contributed by atoms with Gasteiger partial charge in [0.2, 0.25) is 0 Å². The molecule has 2 N–H and O–H groups in total. The minimum absolute atomic E-state index is 0.0585. The Morgan fingerprint density at radius 1 is 0.706 bits per heavy atom. The summed E-state index contributed by atoms with van der Waals surface area (Å²) in [5, 5.41) is 19.5. The maximum atomic E-state index is 11.3. The summed E-state index contributed by atoms with van der Waals surface area (Å²) in [4.78, 5) is 22.5. The van der Waals surface area contributed by atoms with Crippen molar-refractivity contribution in [1.29, 1.82) is 0 Å². The topological polar surface area (TPSA) is 112 Å². The van der Waals surface area contributed by atoms with Gasteiger partial charge in [0.25, 0.3) is 0 Å². The molecule has 0 heterocycles. The molecule has 0 rings (SSSR count). The van der Waals surface area contributed by atoms with Crippen LogP contribution in [0.2, 0.25) is 0 Å². The normalized spacial score (nSPS) is 13.7. The summed E-state index contributed by atoms with van der Waals surface area (Å²) in [6, 6.07) is 0. The van der Waals surface area contributed by atoms with Crippen LogP contribution in [0.25, 0.3) is 0 Å². The zero-order valence-electron chi connectivity index (χ0n) is 21.4. The van der Waals surface area contributed by atoms with Gasteiger partial charge in [0.05, 0.1) is 19.3 Å². The number of ether oxygens (including phenoxy) is 4. The summed E-state index contributed by atoms with van der Waals surface area (Å²) in [5.74, 6) is -1.01. The quantitative estimate of drug-likeness (QED) is 0.135. The van der Waals surface area contributed by atoms with Crippen LogP contribution < -0.4 is 0 Å². The lowest BCUT2D eigenvalue weighted by atomic mass is 10.1. The molecule has 0 radical (unpaired) electrons. The van der Waals surface area contributed by atoms with Gasteiger partial charge in [-0.05, 0) is 33.6 Å². The number of carbonyl (C=O) groups excluding carboxylic acids is 2. The minimum atomic E-state index is -0.826. The molecule has 8 nitrogen and oxygen atoms in total. The second-order valence-corrected chi connectivity index (χ2v) is 8.90. The highest BCUT2D eigenvalue weighted by Gasteiger charge is 2.12. The van der Waals surface area contributed by atoms with Crippen molar-refractivity contribution in [3.8, 4) is 0 Å². The van der Waals surface area contributed by atoms with Gasteiger partial charge >= 0.3 is 11.9 Å². The van der Waals surface area contributed by atoms with Gasteiger partial charge in [-0.25, -0.2) is 9.59 Å². The van der Waals surface area contributed by atoms with Gasteiger partial charge in [-0.1, -0.05) is 58.1 Å². The number of rotatable bonds is 22. The zero-order chi connectivity index (χ0) is 25.8. The van der Waals surface area contributed by atoms with Crippen molar-refractivity contribution >= 4 is 11.9 Å². The minimum Gasteiger partial charge on any atom is -0.460 e. The highest BCUT2D eigenvalue weighted by molar-refractivity contribution is 5.87. The molecule has 0 aliphatic rings. The Morgan fingerprint density at radius 2 is 1.15 bits per heavy atom. The number of aliphatic hydroxyl groups is 2. The molecular weight excluding hydrogens is 440 g/mol. The first-order chi connectivity index (χ1) is 16.1. The van der Waals surface area contributed by atoms with Gasteiger partial charge in [0.1, 0.15) is 25.4 Å². The summed E-state index contributed by atoms with van der Waals surface area (Å²) in [7, 11) is 0. The van der Waals surface area contributed by atoms with Gasteiger partial charge in [-0.15, -0.1) is 0 Å². The fraction of sp³-hybridized carbons (Fsp3) is 0.769. The molecule has 198 valence electrons. The van der Waals surface area contributed by atoms with E-state index >= 15 is 0 Å². The van der Waals surface area contributed by atoms with E-state index in [1.807, 2.05) is 6.92 Å². The molecule has 0 aliphatic heterocycles. The van der Waals surface area contributed by atoms with E-state index in [1.165, 1.54) is 19.3 Å². The van der Waals surface area contributed by atoms with E-state index in [9.17, 15) is 19.8 Å². The van der Waals surface area contributed by atoms with Crippen molar-refractivity contribution in [1.82, 2.24) is 0 Å². The molecule has 0 saturated carbocycles. The first-order valence-electron chi connectivity index (χ1n) is 12.3. The van der Waals surface area contributed by atoms with Crippen molar-refractivity contribution in [2.45, 2.75) is 96.9 Å². The summed E-state index contributed by atoms with van der Waals surface area (Å²) in [6.45, 7) is 12.8. The highest BCUT2D eigenvalue weighted by Crippen LogP contribution is 2.12. The Bertz CT molecular complexity index is 589. The van der Waals surface area contributed by atoms with E-state index < -0.39 is 24.1 Å². The van der Waals surface area contributed by atoms with Crippen molar-refractivity contribution < 1.29 is 38.7 Å². The van der Waals surface area contributed by atoms with Crippen LogP contribution in [0.4, 0.5) is 0 Å². The Labute approximate surface area is 205 Å². The summed E-state index contributed by atoms with van der Waals surface area (Å²) in [6.07, 6.45) is 8.39. The van der Waals surface area contributed by atoms with Crippen molar-refractivity contribution in [2.24, 2.45) is 0 Å². The van der Waals surface area contributed by atoms with E-state index in [-0.39, 0.29) is 32.5 Å². The van der Waals surface area contributed by atoms with Crippen LogP contribution in [0, 0.1) is 0 Å². The lowest BCUT2D eigenvalue weighted by Gasteiger charge is -2.16. The fourth-order valence-corrected chi connectivity index (χ4v) is 2.96. The van der Waals surface area contributed by atoms with E-state index in [1.54, 1.807) is 13.8 Å². The molecule has 0 aromatic heterocycles. The van der Waals surface area contributed by atoms with Crippen LogP contribution in [-0.4, -0.2) is 73.5 Å². The van der Waals surface area contributed by atoms with Gasteiger partial charge in [-0.2, -0.15) is 0 Å². The lowest BCUT2D eigenvalue weighted by molar-refractivity contribution is -0.144. The first kappa shape index (κ1) is 32.3. The molecule has 0 spiro atoms. The summed E-state index contributed by atoms with van der Waals surface area (Å²) >= 11 is 0. The van der Waals surface area contributed by atoms with E-state index in [0.29, 0.717) is 17.8 Å². The SMILES string of the molecule is C=C(C)C(=O)OCC(O)COCCCCCCCCCCC(C)OCC(O)COC(=O)C(=C)C. The molecule has 0 bridgehead atoms. The lowest BCUT2D eigenvalue weighted by Crippen LogP contribution is -2.26. The van der Waals surface area contributed by atoms with Crippen LogP contribution in [-0.2, 0) is 28.5 Å². The second-order valence-electron chi connectivity index (χ2n) is 8.90. The first-order valence-corrected chi connectivity index (χ1v) is 12.3. The third-order valence-corrected chi connectivity index (χ3v) is 5.04. The van der Waals surface area contributed by atoms with E-state index in [2.05, 4.69) is 13.2 Å². The summed E-state index contributed by atoms with van der Waals surface area (Å²) in [5.41, 5.74) is 0.619. The van der Waals surface area contributed by atoms with Crippen molar-refractivity contribution in [2.75, 3.05) is 33.0 Å². The molecule has 0 fully saturated rings. The summed E-state index contributed by atoms with van der Waals surface area (Å²) < 4.78 is 20.8. The molecule has 8 heteroatoms. The van der Waals surface area contributed by atoms with Gasteiger partial charge in [-0.3, -0.25) is 0 Å². The average Bonchev–Trinajstić information content (AvgIpc) is 2.79. The van der Waals surface area contributed by atoms with Crippen molar-refractivity contribution in [3.63, 3.8) is 0 Å². The van der Waals surface area contributed by atoms with E-state index in [0.717, 1.165) is 38.5 Å². The number of carbonyl (C=O) groups is 2. The molecular formula is C26H46O8. The molecule has 0 amide bonds.